The van der Waals surface area contributed by atoms with Gasteiger partial charge in [-0.05, 0) is 148 Å². The van der Waals surface area contributed by atoms with Crippen molar-refractivity contribution in [1.29, 1.82) is 0 Å². The molecule has 4 aromatic carbocycles. The van der Waals surface area contributed by atoms with Gasteiger partial charge in [-0.1, -0.05) is 38.1 Å². The van der Waals surface area contributed by atoms with E-state index in [2.05, 4.69) is 88.4 Å². The fourth-order valence-electron chi connectivity index (χ4n) is 8.87. The van der Waals surface area contributed by atoms with Crippen LogP contribution >= 0.6 is 11.6 Å². The van der Waals surface area contributed by atoms with Crippen molar-refractivity contribution in [3.05, 3.63) is 132 Å². The van der Waals surface area contributed by atoms with Crippen molar-refractivity contribution < 1.29 is 36.0 Å². The van der Waals surface area contributed by atoms with E-state index in [0.29, 0.717) is 44.6 Å². The van der Waals surface area contributed by atoms with E-state index in [1.807, 2.05) is 70.7 Å². The Bertz CT molecular complexity index is 3090. The van der Waals surface area contributed by atoms with Gasteiger partial charge in [0.15, 0.2) is 19.7 Å². The second kappa shape index (κ2) is 24.9. The standard InChI is InChI=1S/C28H35N3O4S.C26H33N3O3S.C2H3ClO/c1-20(2)36(34,35)18-12-21(3)23-5-8-26(9-6-23)31-13-11-24-19-25(7-10-27(24)31)28(33)30-16-14-29(15-17-30)22(4)32;1-19(2)33(31,32)17-11-20(3)21-4-7-24(8-5-21)29-14-10-22-18-23(6-9-25(22)29)26(30)28-15-12-27-13-16-28;1-2(3)4/h5-11,13,19-21H,12,14-18H2,1-4H3;4-10,14,18-20,27H,11-13,15-17H2,1-3H3;1H3/t21-;20-;/m00./s1. The number of nitrogens with one attached hydrogen (secondary N) is 1. The molecule has 4 heterocycles. The van der Waals surface area contributed by atoms with Crippen LogP contribution in [0.5, 0.6) is 0 Å². The molecule has 17 heteroatoms. The Kier molecular flexibility index (Phi) is 19.3. The van der Waals surface area contributed by atoms with Crippen LogP contribution < -0.4 is 5.32 Å². The number of halogens is 1. The lowest BCUT2D eigenvalue weighted by atomic mass is 9.98. The molecule has 2 saturated heterocycles. The summed E-state index contributed by atoms with van der Waals surface area (Å²) in [5, 5.41) is 4.26. The molecule has 2 aliphatic heterocycles. The third kappa shape index (κ3) is 14.7. The van der Waals surface area contributed by atoms with Crippen molar-refractivity contribution in [3.63, 3.8) is 0 Å². The number of fused-ring (bicyclic) bond motifs is 2. The maximum Gasteiger partial charge on any atom is 0.253 e. The minimum Gasteiger partial charge on any atom is -0.339 e. The number of rotatable bonds is 14. The number of hydrogen-bond acceptors (Lipinski definition) is 9. The van der Waals surface area contributed by atoms with E-state index < -0.39 is 19.7 Å². The van der Waals surface area contributed by atoms with E-state index in [0.717, 1.165) is 76.1 Å². The monoisotopic (exact) mass is 1050 g/mol. The topological polar surface area (TPSA) is 168 Å². The Hall–Kier alpha value is -5.81. The van der Waals surface area contributed by atoms with Gasteiger partial charge in [-0.2, -0.15) is 0 Å². The van der Waals surface area contributed by atoms with Gasteiger partial charge < -0.3 is 29.2 Å². The molecule has 6 aromatic rings. The first-order valence-corrected chi connectivity index (χ1v) is 28.9. The van der Waals surface area contributed by atoms with Crippen molar-refractivity contribution in [2.45, 2.75) is 90.6 Å². The molecule has 0 unspecified atom stereocenters. The number of benzene rings is 4. The smallest absolute Gasteiger partial charge is 0.253 e. The average molecular weight is 1060 g/mol. The molecule has 14 nitrogen and oxygen atoms in total. The first kappa shape index (κ1) is 56.5. The highest BCUT2D eigenvalue weighted by atomic mass is 35.5. The molecule has 0 radical (unpaired) electrons. The number of amides is 3. The van der Waals surface area contributed by atoms with Crippen LogP contribution in [-0.2, 0) is 29.3 Å². The lowest BCUT2D eigenvalue weighted by molar-refractivity contribution is -0.130. The van der Waals surface area contributed by atoms with E-state index in [4.69, 9.17) is 0 Å². The highest BCUT2D eigenvalue weighted by Crippen LogP contribution is 2.28. The number of sulfone groups is 2. The molecule has 392 valence electrons. The van der Waals surface area contributed by atoms with Gasteiger partial charge in [0.2, 0.25) is 11.1 Å². The number of aromatic nitrogens is 2. The van der Waals surface area contributed by atoms with E-state index in [1.165, 1.54) is 6.92 Å². The quantitative estimate of drug-likeness (QED) is 0.105. The fourth-order valence-corrected chi connectivity index (χ4v) is 11.2. The van der Waals surface area contributed by atoms with Gasteiger partial charge >= 0.3 is 0 Å². The third-order valence-electron chi connectivity index (χ3n) is 13.9. The first-order chi connectivity index (χ1) is 34.6. The summed E-state index contributed by atoms with van der Waals surface area (Å²) in [5.41, 5.74) is 7.74. The van der Waals surface area contributed by atoms with Gasteiger partial charge in [0.05, 0.1) is 33.0 Å². The Morgan fingerprint density at radius 1 is 0.521 bits per heavy atom. The van der Waals surface area contributed by atoms with Crippen LogP contribution in [-0.4, -0.2) is 138 Å². The summed E-state index contributed by atoms with van der Waals surface area (Å²) in [5.74, 6) is 0.863. The number of hydrogen-bond donors (Lipinski definition) is 1. The van der Waals surface area contributed by atoms with Gasteiger partial charge in [0.25, 0.3) is 11.8 Å². The predicted molar refractivity (Wildman–Crippen MR) is 294 cm³/mol. The van der Waals surface area contributed by atoms with Crippen LogP contribution in [0.15, 0.2) is 109 Å². The average Bonchev–Trinajstić information content (AvgIpc) is 4.01. The minimum absolute atomic E-state index is 0.00864. The summed E-state index contributed by atoms with van der Waals surface area (Å²) in [4.78, 5) is 52.1. The fraction of sp³-hybridized carbons (Fsp3) is 0.429. The normalized spacial score (nSPS) is 15.1. The molecule has 2 fully saturated rings. The molecule has 0 bridgehead atoms. The van der Waals surface area contributed by atoms with Gasteiger partial charge in [-0.25, -0.2) is 16.8 Å². The molecular formula is C56H71ClN6O8S2. The second-order valence-corrected chi connectivity index (χ2v) is 25.5. The Morgan fingerprint density at radius 2 is 0.877 bits per heavy atom. The minimum atomic E-state index is -3.04. The highest BCUT2D eigenvalue weighted by molar-refractivity contribution is 7.92. The molecular weight excluding hydrogens is 984 g/mol. The molecule has 1 N–H and O–H groups in total. The summed E-state index contributed by atoms with van der Waals surface area (Å²) in [6.07, 6.45) is 5.25. The zero-order chi connectivity index (χ0) is 53.2. The summed E-state index contributed by atoms with van der Waals surface area (Å²) < 4.78 is 52.8. The molecule has 8 rings (SSSR count). The summed E-state index contributed by atoms with van der Waals surface area (Å²) in [6, 6.07) is 32.2. The zero-order valence-corrected chi connectivity index (χ0v) is 45.8. The highest BCUT2D eigenvalue weighted by Gasteiger charge is 2.25. The molecule has 0 saturated carbocycles. The van der Waals surface area contributed by atoms with Crippen LogP contribution in [0, 0.1) is 0 Å². The van der Waals surface area contributed by atoms with Crippen LogP contribution in [0.2, 0.25) is 0 Å². The third-order valence-corrected chi connectivity index (χ3v) is 18.4. The van der Waals surface area contributed by atoms with Crippen molar-refractivity contribution >= 4 is 76.0 Å². The number of nitrogens with zero attached hydrogens (tertiary/aromatic N) is 5. The van der Waals surface area contributed by atoms with E-state index in [-0.39, 0.29) is 56.8 Å². The van der Waals surface area contributed by atoms with Gasteiger partial charge in [0.1, 0.15) is 0 Å². The summed E-state index contributed by atoms with van der Waals surface area (Å²) >= 11 is 4.64. The van der Waals surface area contributed by atoms with Gasteiger partial charge in [-0.15, -0.1) is 0 Å². The largest absolute Gasteiger partial charge is 0.339 e. The van der Waals surface area contributed by atoms with E-state index in [1.54, 1.807) is 39.5 Å². The lowest BCUT2D eigenvalue weighted by Gasteiger charge is -2.34. The van der Waals surface area contributed by atoms with Crippen LogP contribution in [0.1, 0.15) is 112 Å². The van der Waals surface area contributed by atoms with Crippen LogP contribution in [0.4, 0.5) is 0 Å². The molecule has 2 aromatic heterocycles. The van der Waals surface area contributed by atoms with Crippen LogP contribution in [0.25, 0.3) is 33.2 Å². The molecule has 0 aliphatic carbocycles. The number of piperazine rings is 2. The molecule has 2 aliphatic rings. The molecule has 0 spiro atoms. The summed E-state index contributed by atoms with van der Waals surface area (Å²) in [7, 11) is -6.06. The molecule has 73 heavy (non-hydrogen) atoms. The Labute approximate surface area is 436 Å². The SMILES string of the molecule is CC(=O)Cl.CC(=O)N1CCN(C(=O)c2ccc3c(ccn3-c3ccc([C@@H](C)CCS(=O)(=O)C(C)C)cc3)c2)CC1.CC(C)S(=O)(=O)CC[C@H](C)c1ccc(-n2ccc3cc(C(=O)N4CCNCC4)ccc32)cc1. The van der Waals surface area contributed by atoms with Crippen molar-refractivity contribution in [1.82, 2.24) is 29.2 Å². The Balaban J connectivity index is 0.000000223. The summed E-state index contributed by atoms with van der Waals surface area (Å²) in [6.45, 7) is 19.3. The van der Waals surface area contributed by atoms with Crippen LogP contribution in [0.3, 0.4) is 0 Å². The van der Waals surface area contributed by atoms with Gasteiger partial charge in [-0.3, -0.25) is 19.2 Å². The van der Waals surface area contributed by atoms with E-state index >= 15 is 0 Å². The van der Waals surface area contributed by atoms with Crippen molar-refractivity contribution in [3.8, 4) is 11.4 Å². The van der Waals surface area contributed by atoms with Gasteiger partial charge in [0, 0.05) is 112 Å². The maximum absolute atomic E-state index is 13.0. The van der Waals surface area contributed by atoms with Crippen molar-refractivity contribution in [2.75, 3.05) is 63.9 Å². The van der Waals surface area contributed by atoms with E-state index in [9.17, 15) is 36.0 Å². The maximum atomic E-state index is 13.0. The lowest BCUT2D eigenvalue weighted by Crippen LogP contribution is -2.50. The zero-order valence-electron chi connectivity index (χ0n) is 43.4. The Morgan fingerprint density at radius 3 is 1.23 bits per heavy atom. The first-order valence-electron chi connectivity index (χ1n) is 25.1. The second-order valence-electron chi connectivity index (χ2n) is 19.6. The number of carbonyl (C=O) groups excluding carboxylic acids is 4. The number of carbonyl (C=O) groups is 4. The molecule has 3 amide bonds. The molecule has 2 atom stereocenters. The predicted octanol–water partition coefficient (Wildman–Crippen LogP) is 9.02. The van der Waals surface area contributed by atoms with Crippen molar-refractivity contribution in [2.24, 2.45) is 0 Å².